The molecule has 1 aromatic heterocycles. The highest BCUT2D eigenvalue weighted by Crippen LogP contribution is 2.34. The molecular formula is C36H30ClF4N3O4. The van der Waals surface area contributed by atoms with E-state index in [-0.39, 0.29) is 28.6 Å². The average Bonchev–Trinajstić information content (AvgIpc) is 3.48. The van der Waals surface area contributed by atoms with Gasteiger partial charge in [0.2, 0.25) is 5.89 Å². The predicted octanol–water partition coefficient (Wildman–Crippen LogP) is 9.19. The molecule has 0 spiro atoms. The molecule has 1 amide bonds. The van der Waals surface area contributed by atoms with Crippen LogP contribution in [-0.4, -0.2) is 22.0 Å². The van der Waals surface area contributed by atoms with Crippen molar-refractivity contribution in [3.8, 4) is 28.0 Å². The van der Waals surface area contributed by atoms with Crippen molar-refractivity contribution in [3.63, 3.8) is 0 Å². The summed E-state index contributed by atoms with van der Waals surface area (Å²) in [4.78, 5) is 31.1. The first kappa shape index (κ1) is 34.3. The van der Waals surface area contributed by atoms with Gasteiger partial charge >= 0.3 is 12.1 Å². The summed E-state index contributed by atoms with van der Waals surface area (Å²) in [5, 5.41) is 6.76. The number of alkyl halides is 3. The molecule has 0 unspecified atom stereocenters. The van der Waals surface area contributed by atoms with Gasteiger partial charge < -0.3 is 14.6 Å². The van der Waals surface area contributed by atoms with Gasteiger partial charge in [0.15, 0.2) is 5.82 Å². The van der Waals surface area contributed by atoms with Crippen LogP contribution in [0.25, 0.3) is 22.3 Å². The number of esters is 1. The number of aryl methyl sites for hydroxylation is 1. The lowest BCUT2D eigenvalue weighted by atomic mass is 9.97. The first-order valence-corrected chi connectivity index (χ1v) is 15.2. The third-order valence-corrected chi connectivity index (χ3v) is 7.67. The SMILES string of the molecule is Cc1noc([C@@H](Cc2ccc(-c3ccc(F)c(Cl)c3)cc2)NC(=O)c2cc(-c3ccc(C(F)(F)F)cc3)ccc2OC(=O)C(C)(C)C)n1. The summed E-state index contributed by atoms with van der Waals surface area (Å²) in [6.07, 6.45) is -4.29. The van der Waals surface area contributed by atoms with Crippen molar-refractivity contribution in [2.24, 2.45) is 5.41 Å². The third kappa shape index (κ3) is 8.09. The van der Waals surface area contributed by atoms with Gasteiger partial charge in [0, 0.05) is 6.42 Å². The second kappa shape index (κ2) is 13.6. The standard InChI is InChI=1S/C36H30ClF4N3O4/c1-20-42-33(48-44-20)30(17-21-5-7-22(8-6-21)25-11-15-29(38)28(37)19-25)43-32(45)27-18-24(12-16-31(27)47-34(46)35(2,3)4)23-9-13-26(14-10-23)36(39,40)41/h5-16,18-19,30H,17H2,1-4H3,(H,43,45)/t30-/m1/s1. The Labute approximate surface area is 278 Å². The Bertz CT molecular complexity index is 1950. The quantitative estimate of drug-likeness (QED) is 0.0999. The molecular weight excluding hydrogens is 650 g/mol. The molecule has 1 atom stereocenters. The summed E-state index contributed by atoms with van der Waals surface area (Å²) in [6.45, 7) is 6.62. The molecule has 0 radical (unpaired) electrons. The van der Waals surface area contributed by atoms with Crippen LogP contribution in [0.4, 0.5) is 17.6 Å². The molecule has 0 saturated carbocycles. The van der Waals surface area contributed by atoms with Crippen LogP contribution in [0.5, 0.6) is 5.75 Å². The maximum Gasteiger partial charge on any atom is 0.416 e. The van der Waals surface area contributed by atoms with Gasteiger partial charge in [-0.25, -0.2) is 4.39 Å². The number of benzene rings is 4. The normalized spacial score (nSPS) is 12.4. The third-order valence-electron chi connectivity index (χ3n) is 7.38. The largest absolute Gasteiger partial charge is 0.425 e. The number of nitrogens with one attached hydrogen (secondary N) is 1. The number of aromatic nitrogens is 2. The molecule has 5 rings (SSSR count). The smallest absolute Gasteiger partial charge is 0.416 e. The molecule has 5 aromatic rings. The fourth-order valence-electron chi connectivity index (χ4n) is 4.72. The molecule has 248 valence electrons. The lowest BCUT2D eigenvalue weighted by Crippen LogP contribution is -2.32. The van der Waals surface area contributed by atoms with E-state index in [0.717, 1.165) is 28.8 Å². The molecule has 12 heteroatoms. The number of carbonyl (C=O) groups is 2. The van der Waals surface area contributed by atoms with E-state index >= 15 is 0 Å². The number of nitrogens with zero attached hydrogens (tertiary/aromatic N) is 2. The van der Waals surface area contributed by atoms with E-state index < -0.39 is 40.9 Å². The number of hydrogen-bond donors (Lipinski definition) is 1. The van der Waals surface area contributed by atoms with E-state index in [2.05, 4.69) is 15.5 Å². The van der Waals surface area contributed by atoms with Crippen LogP contribution in [0.15, 0.2) is 89.5 Å². The minimum atomic E-state index is -4.51. The summed E-state index contributed by atoms with van der Waals surface area (Å²) in [5.41, 5.74) is 1.39. The van der Waals surface area contributed by atoms with Crippen molar-refractivity contribution < 1.29 is 36.4 Å². The molecule has 48 heavy (non-hydrogen) atoms. The van der Waals surface area contributed by atoms with Crippen molar-refractivity contribution in [3.05, 3.63) is 124 Å². The van der Waals surface area contributed by atoms with Gasteiger partial charge in [0.05, 0.1) is 21.6 Å². The lowest BCUT2D eigenvalue weighted by Gasteiger charge is -2.20. The van der Waals surface area contributed by atoms with Crippen LogP contribution >= 0.6 is 11.6 Å². The molecule has 0 bridgehead atoms. The van der Waals surface area contributed by atoms with Gasteiger partial charge in [-0.15, -0.1) is 0 Å². The second-order valence-corrected chi connectivity index (χ2v) is 12.6. The molecule has 0 aliphatic carbocycles. The van der Waals surface area contributed by atoms with Crippen molar-refractivity contribution >= 4 is 23.5 Å². The van der Waals surface area contributed by atoms with Gasteiger partial charge in [-0.05, 0) is 91.9 Å². The Morgan fingerprint density at radius 2 is 1.46 bits per heavy atom. The Kier molecular flexibility index (Phi) is 9.72. The van der Waals surface area contributed by atoms with Crippen molar-refractivity contribution in [2.75, 3.05) is 0 Å². The molecule has 7 nitrogen and oxygen atoms in total. The molecule has 1 heterocycles. The first-order valence-electron chi connectivity index (χ1n) is 14.8. The number of carbonyl (C=O) groups excluding carboxylic acids is 2. The van der Waals surface area contributed by atoms with Crippen LogP contribution in [0, 0.1) is 18.2 Å². The van der Waals surface area contributed by atoms with Crippen LogP contribution < -0.4 is 10.1 Å². The van der Waals surface area contributed by atoms with Crippen LogP contribution in [0.1, 0.15) is 60.0 Å². The van der Waals surface area contributed by atoms with Crippen LogP contribution in [0.2, 0.25) is 5.02 Å². The summed E-state index contributed by atoms with van der Waals surface area (Å²) in [6, 6.07) is 19.8. The number of ether oxygens (including phenoxy) is 1. The maximum atomic E-state index is 14.0. The summed E-state index contributed by atoms with van der Waals surface area (Å²) >= 11 is 5.95. The number of halogens is 5. The number of amides is 1. The molecule has 0 saturated heterocycles. The van der Waals surface area contributed by atoms with Gasteiger partial charge in [-0.1, -0.05) is 65.3 Å². The zero-order valence-electron chi connectivity index (χ0n) is 26.3. The molecule has 0 fully saturated rings. The van der Waals surface area contributed by atoms with E-state index in [9.17, 15) is 27.2 Å². The second-order valence-electron chi connectivity index (χ2n) is 12.2. The van der Waals surface area contributed by atoms with E-state index in [1.165, 1.54) is 36.4 Å². The molecule has 1 N–H and O–H groups in total. The van der Waals surface area contributed by atoms with E-state index in [4.69, 9.17) is 20.9 Å². The molecule has 0 aliphatic rings. The Balaban J connectivity index is 1.47. The summed E-state index contributed by atoms with van der Waals surface area (Å²) in [7, 11) is 0. The fraction of sp³-hybridized carbons (Fsp3) is 0.222. The molecule has 0 aliphatic heterocycles. The Morgan fingerprint density at radius 1 is 0.875 bits per heavy atom. The predicted molar refractivity (Wildman–Crippen MR) is 172 cm³/mol. The van der Waals surface area contributed by atoms with Crippen LogP contribution in [0.3, 0.4) is 0 Å². The van der Waals surface area contributed by atoms with Crippen molar-refractivity contribution in [1.82, 2.24) is 15.5 Å². The molecule has 4 aromatic carbocycles. The van der Waals surface area contributed by atoms with Crippen molar-refractivity contribution in [1.29, 1.82) is 0 Å². The van der Waals surface area contributed by atoms with Gasteiger partial charge in [0.1, 0.15) is 17.6 Å². The van der Waals surface area contributed by atoms with Crippen LogP contribution in [-0.2, 0) is 17.4 Å². The average molecular weight is 680 g/mol. The summed E-state index contributed by atoms with van der Waals surface area (Å²) < 4.78 is 64.2. The monoisotopic (exact) mass is 679 g/mol. The highest BCUT2D eigenvalue weighted by molar-refractivity contribution is 6.31. The minimum Gasteiger partial charge on any atom is -0.425 e. The van der Waals surface area contributed by atoms with E-state index in [0.29, 0.717) is 17.0 Å². The van der Waals surface area contributed by atoms with Crippen molar-refractivity contribution in [2.45, 2.75) is 46.3 Å². The Hall–Kier alpha value is -5.03. The van der Waals surface area contributed by atoms with E-state index in [1.54, 1.807) is 39.8 Å². The maximum absolute atomic E-state index is 14.0. The topological polar surface area (TPSA) is 94.3 Å². The lowest BCUT2D eigenvalue weighted by molar-refractivity contribution is -0.143. The highest BCUT2D eigenvalue weighted by atomic mass is 35.5. The Morgan fingerprint density at radius 3 is 2.02 bits per heavy atom. The number of hydrogen-bond acceptors (Lipinski definition) is 6. The zero-order chi connectivity index (χ0) is 34.8. The number of rotatable bonds is 8. The fourth-order valence-corrected chi connectivity index (χ4v) is 4.90. The highest BCUT2D eigenvalue weighted by Gasteiger charge is 2.31. The zero-order valence-corrected chi connectivity index (χ0v) is 27.0. The summed E-state index contributed by atoms with van der Waals surface area (Å²) in [5.74, 6) is -1.33. The minimum absolute atomic E-state index is 0.000979. The van der Waals surface area contributed by atoms with E-state index in [1.807, 2.05) is 24.3 Å². The van der Waals surface area contributed by atoms with Gasteiger partial charge in [-0.2, -0.15) is 18.2 Å². The van der Waals surface area contributed by atoms with Gasteiger partial charge in [0.25, 0.3) is 5.91 Å². The van der Waals surface area contributed by atoms with Gasteiger partial charge in [-0.3, -0.25) is 9.59 Å². The first-order chi connectivity index (χ1) is 22.6.